The third-order valence-corrected chi connectivity index (χ3v) is 11.2. The van der Waals surface area contributed by atoms with E-state index >= 15 is 0 Å². The van der Waals surface area contributed by atoms with Gasteiger partial charge in [-0.15, -0.1) is 0 Å². The summed E-state index contributed by atoms with van der Waals surface area (Å²) >= 11 is 0. The second-order valence-electron chi connectivity index (χ2n) is 13.4. The van der Waals surface area contributed by atoms with Crippen molar-refractivity contribution in [3.05, 3.63) is 24.2 Å². The van der Waals surface area contributed by atoms with E-state index in [1.807, 2.05) is 6.92 Å². The molecule has 5 fully saturated rings. The van der Waals surface area contributed by atoms with Gasteiger partial charge in [0.15, 0.2) is 6.10 Å². The molecule has 0 aromatic carbocycles. The maximum absolute atomic E-state index is 14.4. The highest BCUT2D eigenvalue weighted by Crippen LogP contribution is 2.79. The molecule has 8 heteroatoms. The molecule has 3 saturated carbocycles. The Balaban J connectivity index is 1.54. The third-order valence-electron chi connectivity index (χ3n) is 11.2. The first-order valence-electron chi connectivity index (χ1n) is 13.4. The summed E-state index contributed by atoms with van der Waals surface area (Å²) in [5.74, 6) is -1.22. The van der Waals surface area contributed by atoms with Crippen LogP contribution in [0.15, 0.2) is 23.0 Å². The number of cyclic esters (lactones) is 1. The summed E-state index contributed by atoms with van der Waals surface area (Å²) in [6.07, 6.45) is 3.04. The number of hydrogen-bond acceptors (Lipinski definition) is 8. The van der Waals surface area contributed by atoms with E-state index in [9.17, 15) is 19.2 Å². The predicted octanol–water partition coefficient (Wildman–Crippen LogP) is 4.35. The minimum atomic E-state index is -1.05. The van der Waals surface area contributed by atoms with Gasteiger partial charge in [0.2, 0.25) is 0 Å². The van der Waals surface area contributed by atoms with Crippen LogP contribution in [-0.4, -0.2) is 41.3 Å². The minimum Gasteiger partial charge on any atom is -0.472 e. The lowest BCUT2D eigenvalue weighted by Gasteiger charge is -2.66. The lowest BCUT2D eigenvalue weighted by Crippen LogP contribution is -2.72. The SMILES string of the molecule is CC(=O)OC1CC(=O)CC(C)(C)C2CC(=O)C3(C)C(CC[C@@]4(C)[C@H](c5ccoc5)OC(=O)C5OC534)C12C. The molecular weight excluding hydrogens is 476 g/mol. The number of ether oxygens (including phenoxy) is 3. The Kier molecular flexibility index (Phi) is 4.92. The van der Waals surface area contributed by atoms with Crippen molar-refractivity contribution in [2.24, 2.45) is 33.5 Å². The Morgan fingerprint density at radius 2 is 1.76 bits per heavy atom. The molecule has 200 valence electrons. The fourth-order valence-electron chi connectivity index (χ4n) is 9.72. The second-order valence-corrected chi connectivity index (χ2v) is 13.4. The quantitative estimate of drug-likeness (QED) is 0.425. The summed E-state index contributed by atoms with van der Waals surface area (Å²) in [6.45, 7) is 11.6. The van der Waals surface area contributed by atoms with Crippen LogP contribution in [0.2, 0.25) is 0 Å². The number of esters is 2. The molecular formula is C29H36O8. The van der Waals surface area contributed by atoms with Crippen LogP contribution in [0, 0.1) is 33.5 Å². The smallest absolute Gasteiger partial charge is 0.339 e. The predicted molar refractivity (Wildman–Crippen MR) is 129 cm³/mol. The molecule has 37 heavy (non-hydrogen) atoms. The van der Waals surface area contributed by atoms with E-state index in [1.165, 1.54) is 6.92 Å². The molecule has 3 aliphatic carbocycles. The number of Topliss-reactive ketones (excluding diaryl/α,β-unsaturated/α-hetero) is 2. The van der Waals surface area contributed by atoms with Gasteiger partial charge in [0, 0.05) is 42.6 Å². The Hall–Kier alpha value is -2.48. The van der Waals surface area contributed by atoms with Crippen molar-refractivity contribution in [2.75, 3.05) is 0 Å². The molecule has 2 saturated heterocycles. The first-order chi connectivity index (χ1) is 17.2. The average molecular weight is 513 g/mol. The highest BCUT2D eigenvalue weighted by atomic mass is 16.7. The van der Waals surface area contributed by atoms with E-state index < -0.39 is 57.5 Å². The molecule has 1 aromatic heterocycles. The fourth-order valence-corrected chi connectivity index (χ4v) is 9.72. The first-order valence-corrected chi connectivity index (χ1v) is 13.4. The van der Waals surface area contributed by atoms with Gasteiger partial charge in [0.05, 0.1) is 17.9 Å². The van der Waals surface area contributed by atoms with Gasteiger partial charge in [-0.1, -0.05) is 27.7 Å². The molecule has 0 radical (unpaired) electrons. The number of fused-ring (bicyclic) bond motifs is 3. The topological polar surface area (TPSA) is 112 Å². The zero-order valence-corrected chi connectivity index (χ0v) is 22.4. The summed E-state index contributed by atoms with van der Waals surface area (Å²) in [5.41, 5.74) is -3.11. The van der Waals surface area contributed by atoms with Crippen molar-refractivity contribution in [1.29, 1.82) is 0 Å². The zero-order chi connectivity index (χ0) is 26.8. The molecule has 3 heterocycles. The van der Waals surface area contributed by atoms with Crippen LogP contribution in [0.1, 0.15) is 85.3 Å². The average Bonchev–Trinajstić information content (AvgIpc) is 3.38. The van der Waals surface area contributed by atoms with E-state index in [0.29, 0.717) is 19.3 Å². The standard InChI is InChI=1S/C29H36O8/c1-15(30)35-21-11-17(31)13-25(2,3)19-12-20(32)28(6)18(27(19,21)5)7-9-26(4)22(16-8-10-34-14-16)36-24(33)23-29(26,28)37-23/h8,10,14,18-19,21-23H,7,9,11-13H2,1-6H3/t18?,19?,21?,22-,23?,26-,27?,28?,29?/m0/s1. The Labute approximate surface area is 216 Å². The van der Waals surface area contributed by atoms with E-state index in [2.05, 4.69) is 27.7 Å². The number of rotatable bonds is 2. The first kappa shape index (κ1) is 24.8. The van der Waals surface area contributed by atoms with Gasteiger partial charge < -0.3 is 18.6 Å². The normalized spacial score (nSPS) is 47.9. The van der Waals surface area contributed by atoms with Crippen molar-refractivity contribution >= 4 is 23.5 Å². The number of epoxide rings is 1. The van der Waals surface area contributed by atoms with Gasteiger partial charge in [-0.3, -0.25) is 14.4 Å². The lowest BCUT2D eigenvalue weighted by molar-refractivity contribution is -0.231. The van der Waals surface area contributed by atoms with Gasteiger partial charge in [-0.05, 0) is 43.1 Å². The van der Waals surface area contributed by atoms with Gasteiger partial charge >= 0.3 is 11.9 Å². The minimum absolute atomic E-state index is 0.0432. The van der Waals surface area contributed by atoms with Gasteiger partial charge in [-0.25, -0.2) is 4.79 Å². The highest BCUT2D eigenvalue weighted by Gasteiger charge is 2.88. The lowest BCUT2D eigenvalue weighted by atomic mass is 9.36. The molecule has 0 bridgehead atoms. The van der Waals surface area contributed by atoms with Crippen LogP contribution >= 0.6 is 0 Å². The number of hydrogen-bond donors (Lipinski definition) is 0. The molecule has 9 atom stereocenters. The summed E-state index contributed by atoms with van der Waals surface area (Å²) in [4.78, 5) is 53.1. The molecule has 7 unspecified atom stereocenters. The van der Waals surface area contributed by atoms with Crippen LogP contribution in [0.25, 0.3) is 0 Å². The van der Waals surface area contributed by atoms with Crippen molar-refractivity contribution < 1.29 is 37.8 Å². The Morgan fingerprint density at radius 3 is 2.41 bits per heavy atom. The van der Waals surface area contributed by atoms with Crippen molar-refractivity contribution in [3.8, 4) is 0 Å². The monoisotopic (exact) mass is 512 g/mol. The van der Waals surface area contributed by atoms with Crippen LogP contribution in [0.3, 0.4) is 0 Å². The van der Waals surface area contributed by atoms with Crippen LogP contribution in [0.4, 0.5) is 0 Å². The van der Waals surface area contributed by atoms with Crippen molar-refractivity contribution in [2.45, 2.75) is 97.6 Å². The number of carbonyl (C=O) groups excluding carboxylic acids is 4. The number of ketones is 2. The maximum Gasteiger partial charge on any atom is 0.339 e. The van der Waals surface area contributed by atoms with Gasteiger partial charge in [-0.2, -0.15) is 0 Å². The summed E-state index contributed by atoms with van der Waals surface area (Å²) < 4.78 is 23.6. The summed E-state index contributed by atoms with van der Waals surface area (Å²) in [7, 11) is 0. The number of furan rings is 1. The maximum atomic E-state index is 14.4. The Morgan fingerprint density at radius 1 is 1.03 bits per heavy atom. The molecule has 1 aromatic rings. The Bertz CT molecular complexity index is 1200. The van der Waals surface area contributed by atoms with E-state index in [4.69, 9.17) is 18.6 Å². The molecule has 0 amide bonds. The summed E-state index contributed by atoms with van der Waals surface area (Å²) in [6, 6.07) is 1.80. The van der Waals surface area contributed by atoms with E-state index in [0.717, 1.165) is 5.56 Å². The molecule has 8 nitrogen and oxygen atoms in total. The molecule has 1 spiro atoms. The second kappa shape index (κ2) is 7.33. The van der Waals surface area contributed by atoms with E-state index in [-0.39, 0.29) is 36.2 Å². The zero-order valence-electron chi connectivity index (χ0n) is 22.4. The van der Waals surface area contributed by atoms with Crippen molar-refractivity contribution in [1.82, 2.24) is 0 Å². The van der Waals surface area contributed by atoms with Crippen molar-refractivity contribution in [3.63, 3.8) is 0 Å². The van der Waals surface area contributed by atoms with Crippen LogP contribution in [0.5, 0.6) is 0 Å². The van der Waals surface area contributed by atoms with Crippen LogP contribution < -0.4 is 0 Å². The van der Waals surface area contributed by atoms with Gasteiger partial charge in [0.1, 0.15) is 29.4 Å². The summed E-state index contributed by atoms with van der Waals surface area (Å²) in [5, 5.41) is 0. The number of carbonyl (C=O) groups is 4. The molecule has 5 aliphatic rings. The largest absolute Gasteiger partial charge is 0.472 e. The van der Waals surface area contributed by atoms with Crippen LogP contribution in [-0.2, 0) is 33.4 Å². The molecule has 0 N–H and O–H groups in total. The fraction of sp³-hybridized carbons (Fsp3) is 0.724. The molecule has 2 aliphatic heterocycles. The van der Waals surface area contributed by atoms with Gasteiger partial charge in [0.25, 0.3) is 0 Å². The van der Waals surface area contributed by atoms with E-state index in [1.54, 1.807) is 18.6 Å². The highest BCUT2D eigenvalue weighted by molar-refractivity contribution is 5.93. The third kappa shape index (κ3) is 2.83. The molecule has 6 rings (SSSR count).